The van der Waals surface area contributed by atoms with Crippen molar-refractivity contribution in [1.82, 2.24) is 15.3 Å². The number of amides is 1. The number of H-pyrrole nitrogens is 1. The highest BCUT2D eigenvalue weighted by atomic mass is 32.2. The van der Waals surface area contributed by atoms with Gasteiger partial charge in [-0.2, -0.15) is 0 Å². The molecule has 1 atom stereocenters. The number of fused-ring (bicyclic) bond motifs is 1. The van der Waals surface area contributed by atoms with Crippen molar-refractivity contribution in [2.24, 2.45) is 0 Å². The van der Waals surface area contributed by atoms with Crippen LogP contribution in [0.1, 0.15) is 25.8 Å². The number of rotatable bonds is 8. The molecule has 0 spiro atoms. The Bertz CT molecular complexity index is 627. The fourth-order valence-electron chi connectivity index (χ4n) is 2.05. The minimum Gasteiger partial charge on any atom is -0.382 e. The van der Waals surface area contributed by atoms with E-state index in [2.05, 4.69) is 21.4 Å². The van der Waals surface area contributed by atoms with Crippen molar-refractivity contribution in [2.45, 2.75) is 37.6 Å². The second kappa shape index (κ2) is 8.19. The predicted octanol–water partition coefficient (Wildman–Crippen LogP) is 2.89. The first-order valence-corrected chi connectivity index (χ1v) is 8.46. The van der Waals surface area contributed by atoms with Crippen LogP contribution < -0.4 is 5.32 Å². The van der Waals surface area contributed by atoms with Crippen LogP contribution in [0.3, 0.4) is 0 Å². The molecular formula is C16H23N3O2S. The predicted molar refractivity (Wildman–Crippen MR) is 90.3 cm³/mol. The van der Waals surface area contributed by atoms with E-state index in [0.717, 1.165) is 22.6 Å². The van der Waals surface area contributed by atoms with Gasteiger partial charge in [0.05, 0.1) is 16.3 Å². The number of ether oxygens (including phenoxy) is 1. The van der Waals surface area contributed by atoms with Crippen molar-refractivity contribution in [3.63, 3.8) is 0 Å². The molecule has 120 valence electrons. The molecule has 1 heterocycles. The van der Waals surface area contributed by atoms with Gasteiger partial charge in [-0.1, -0.05) is 17.8 Å². The third kappa shape index (κ3) is 4.74. The van der Waals surface area contributed by atoms with Crippen molar-refractivity contribution >= 4 is 28.7 Å². The Kier molecular flexibility index (Phi) is 6.27. The van der Waals surface area contributed by atoms with Crippen LogP contribution in [0.2, 0.25) is 0 Å². The van der Waals surface area contributed by atoms with E-state index in [4.69, 9.17) is 4.74 Å². The van der Waals surface area contributed by atoms with E-state index in [1.165, 1.54) is 17.3 Å². The van der Waals surface area contributed by atoms with Crippen LogP contribution in [0.4, 0.5) is 0 Å². The minimum atomic E-state index is -0.186. The highest BCUT2D eigenvalue weighted by molar-refractivity contribution is 8.00. The molecule has 0 bridgehead atoms. The zero-order valence-electron chi connectivity index (χ0n) is 13.3. The Morgan fingerprint density at radius 2 is 2.32 bits per heavy atom. The van der Waals surface area contributed by atoms with Crippen molar-refractivity contribution in [1.29, 1.82) is 0 Å². The first kappa shape index (κ1) is 16.8. The maximum atomic E-state index is 12.0. The molecule has 0 aliphatic rings. The molecule has 6 heteroatoms. The Balaban J connectivity index is 1.84. The third-order valence-electron chi connectivity index (χ3n) is 3.24. The number of thioether (sulfide) groups is 1. The molecule has 2 rings (SSSR count). The number of nitrogens with one attached hydrogen (secondary N) is 2. The molecule has 0 radical (unpaired) electrons. The van der Waals surface area contributed by atoms with E-state index < -0.39 is 0 Å². The molecule has 0 aliphatic heterocycles. The number of nitrogens with zero attached hydrogens (tertiary/aromatic N) is 1. The Morgan fingerprint density at radius 3 is 3.09 bits per heavy atom. The number of carbonyl (C=O) groups is 1. The van der Waals surface area contributed by atoms with Gasteiger partial charge in [0.1, 0.15) is 0 Å². The minimum absolute atomic E-state index is 0.0261. The monoisotopic (exact) mass is 321 g/mol. The summed E-state index contributed by atoms with van der Waals surface area (Å²) >= 11 is 1.44. The third-order valence-corrected chi connectivity index (χ3v) is 4.23. The molecule has 0 fully saturated rings. The summed E-state index contributed by atoms with van der Waals surface area (Å²) in [6, 6.07) is 6.08. The maximum absolute atomic E-state index is 12.0. The molecule has 1 amide bonds. The molecule has 2 aromatic rings. The fraction of sp³-hybridized carbons (Fsp3) is 0.500. The maximum Gasteiger partial charge on any atom is 0.233 e. The van der Waals surface area contributed by atoms with Gasteiger partial charge in [-0.15, -0.1) is 0 Å². The van der Waals surface area contributed by atoms with Crippen molar-refractivity contribution in [2.75, 3.05) is 19.8 Å². The lowest BCUT2D eigenvalue weighted by Crippen LogP contribution is -2.32. The summed E-state index contributed by atoms with van der Waals surface area (Å²) in [4.78, 5) is 19.8. The lowest BCUT2D eigenvalue weighted by molar-refractivity contribution is -0.120. The molecule has 1 unspecified atom stereocenters. The van der Waals surface area contributed by atoms with E-state index in [1.54, 1.807) is 0 Å². The second-order valence-electron chi connectivity index (χ2n) is 5.16. The SMILES string of the molecule is CCOCCCNC(=O)C(C)Sc1nc2ccc(C)cc2[nH]1. The van der Waals surface area contributed by atoms with E-state index in [-0.39, 0.29) is 11.2 Å². The normalized spacial score (nSPS) is 12.5. The molecule has 0 aliphatic carbocycles. The molecular weight excluding hydrogens is 298 g/mol. The van der Waals surface area contributed by atoms with Crippen LogP contribution >= 0.6 is 11.8 Å². The number of benzene rings is 1. The highest BCUT2D eigenvalue weighted by Crippen LogP contribution is 2.23. The number of carbonyl (C=O) groups excluding carboxylic acids is 1. The summed E-state index contributed by atoms with van der Waals surface area (Å²) in [6.45, 7) is 7.94. The standard InChI is InChI=1S/C16H23N3O2S/c1-4-21-9-5-8-17-15(20)12(3)22-16-18-13-7-6-11(2)10-14(13)19-16/h6-7,10,12H,4-5,8-9H2,1-3H3,(H,17,20)(H,18,19). The highest BCUT2D eigenvalue weighted by Gasteiger charge is 2.16. The number of hydrogen-bond acceptors (Lipinski definition) is 4. The van der Waals surface area contributed by atoms with Crippen LogP contribution in [0.25, 0.3) is 11.0 Å². The molecule has 2 N–H and O–H groups in total. The van der Waals surface area contributed by atoms with Gasteiger partial charge in [0.15, 0.2) is 5.16 Å². The smallest absolute Gasteiger partial charge is 0.233 e. The van der Waals surface area contributed by atoms with E-state index in [9.17, 15) is 4.79 Å². The topological polar surface area (TPSA) is 67.0 Å². The molecule has 0 saturated carbocycles. The summed E-state index contributed by atoms with van der Waals surface area (Å²) in [7, 11) is 0. The Hall–Kier alpha value is -1.53. The largest absolute Gasteiger partial charge is 0.382 e. The zero-order valence-corrected chi connectivity index (χ0v) is 14.1. The summed E-state index contributed by atoms with van der Waals surface area (Å²) < 4.78 is 5.24. The summed E-state index contributed by atoms with van der Waals surface area (Å²) in [5.74, 6) is 0.0261. The van der Waals surface area contributed by atoms with Gasteiger partial charge >= 0.3 is 0 Å². The summed E-state index contributed by atoms with van der Waals surface area (Å²) in [5.41, 5.74) is 3.12. The molecule has 22 heavy (non-hydrogen) atoms. The lowest BCUT2D eigenvalue weighted by atomic mass is 10.2. The van der Waals surface area contributed by atoms with Gasteiger partial charge in [-0.25, -0.2) is 4.98 Å². The van der Waals surface area contributed by atoms with Crippen LogP contribution in [0.15, 0.2) is 23.4 Å². The Morgan fingerprint density at radius 1 is 1.50 bits per heavy atom. The van der Waals surface area contributed by atoms with Crippen LogP contribution in [-0.2, 0) is 9.53 Å². The Labute approximate surface area is 135 Å². The van der Waals surface area contributed by atoms with Crippen molar-refractivity contribution in [3.8, 4) is 0 Å². The van der Waals surface area contributed by atoms with Gasteiger partial charge < -0.3 is 15.0 Å². The number of imidazole rings is 1. The zero-order chi connectivity index (χ0) is 15.9. The van der Waals surface area contributed by atoms with E-state index in [1.807, 2.05) is 32.9 Å². The quantitative estimate of drug-likeness (QED) is 0.579. The first-order chi connectivity index (χ1) is 10.6. The second-order valence-corrected chi connectivity index (χ2v) is 6.49. The average molecular weight is 321 g/mol. The molecule has 1 aromatic heterocycles. The van der Waals surface area contributed by atoms with Gasteiger partial charge in [0.25, 0.3) is 0 Å². The number of aromatic amines is 1. The van der Waals surface area contributed by atoms with E-state index >= 15 is 0 Å². The van der Waals surface area contributed by atoms with Crippen LogP contribution in [0.5, 0.6) is 0 Å². The number of hydrogen-bond donors (Lipinski definition) is 2. The van der Waals surface area contributed by atoms with E-state index in [0.29, 0.717) is 19.8 Å². The van der Waals surface area contributed by atoms with Gasteiger partial charge in [0, 0.05) is 19.8 Å². The first-order valence-electron chi connectivity index (χ1n) is 7.58. The van der Waals surface area contributed by atoms with Crippen molar-refractivity contribution in [3.05, 3.63) is 23.8 Å². The molecule has 0 saturated heterocycles. The summed E-state index contributed by atoms with van der Waals surface area (Å²) in [5, 5.41) is 3.51. The summed E-state index contributed by atoms with van der Waals surface area (Å²) in [6.07, 6.45) is 0.834. The average Bonchev–Trinajstić information content (AvgIpc) is 2.88. The molecule has 1 aromatic carbocycles. The fourth-order valence-corrected chi connectivity index (χ4v) is 2.90. The van der Waals surface area contributed by atoms with Crippen molar-refractivity contribution < 1.29 is 9.53 Å². The number of aromatic nitrogens is 2. The van der Waals surface area contributed by atoms with Gasteiger partial charge in [-0.05, 0) is 44.9 Å². The lowest BCUT2D eigenvalue weighted by Gasteiger charge is -2.10. The van der Waals surface area contributed by atoms with Gasteiger partial charge in [-0.3, -0.25) is 4.79 Å². The van der Waals surface area contributed by atoms with Crippen LogP contribution in [-0.4, -0.2) is 40.9 Å². The molecule has 5 nitrogen and oxygen atoms in total. The number of aryl methyl sites for hydroxylation is 1. The van der Waals surface area contributed by atoms with Gasteiger partial charge in [0.2, 0.25) is 5.91 Å². The van der Waals surface area contributed by atoms with Crippen LogP contribution in [0, 0.1) is 6.92 Å².